The zero-order chi connectivity index (χ0) is 25.3. The molecular weight excluding hydrogens is 493 g/mol. The predicted molar refractivity (Wildman–Crippen MR) is 139 cm³/mol. The number of carbonyl (C=O) groups is 1. The van der Waals surface area contributed by atoms with Gasteiger partial charge in [-0.25, -0.2) is 8.42 Å². The summed E-state index contributed by atoms with van der Waals surface area (Å²) in [5, 5.41) is 7.44. The Balaban J connectivity index is 2.11. The highest BCUT2D eigenvalue weighted by atomic mass is 35.5. The van der Waals surface area contributed by atoms with E-state index in [9.17, 15) is 13.2 Å². The highest BCUT2D eigenvalue weighted by Crippen LogP contribution is 2.48. The number of hydrogen-bond acceptors (Lipinski definition) is 5. The first-order valence-corrected chi connectivity index (χ1v) is 14.0. The standard InChI is InChI=1S/C25H33Cl2N3O3S/c1-24(2,3)15-20-25(28,17-8-10-18(26)11-9-17)21(16-6-5-7-19(27)14-16)22(30-20)23(31)29-12-13-34(4,32)33/h5-11,14,20-22,30H,12-13,15,28H2,1-4H3,(H,29,31). The van der Waals surface area contributed by atoms with E-state index in [0.29, 0.717) is 16.5 Å². The number of halogens is 2. The van der Waals surface area contributed by atoms with E-state index >= 15 is 0 Å². The summed E-state index contributed by atoms with van der Waals surface area (Å²) in [6.07, 6.45) is 1.85. The Kier molecular flexibility index (Phi) is 8.05. The minimum absolute atomic E-state index is 0.0283. The molecule has 1 saturated heterocycles. The Labute approximate surface area is 212 Å². The van der Waals surface area contributed by atoms with Crippen LogP contribution in [0.25, 0.3) is 0 Å². The van der Waals surface area contributed by atoms with E-state index in [-0.39, 0.29) is 29.7 Å². The molecule has 0 bridgehead atoms. The van der Waals surface area contributed by atoms with Crippen molar-refractivity contribution in [2.24, 2.45) is 11.1 Å². The molecule has 2 aromatic rings. The predicted octanol–water partition coefficient (Wildman–Crippen LogP) is 3.87. The molecule has 0 spiro atoms. The van der Waals surface area contributed by atoms with Gasteiger partial charge < -0.3 is 16.4 Å². The first-order chi connectivity index (χ1) is 15.7. The molecule has 1 fully saturated rings. The highest BCUT2D eigenvalue weighted by molar-refractivity contribution is 7.90. The number of rotatable bonds is 7. The summed E-state index contributed by atoms with van der Waals surface area (Å²) < 4.78 is 23.1. The average molecular weight is 527 g/mol. The van der Waals surface area contributed by atoms with Gasteiger partial charge in [0, 0.05) is 34.8 Å². The van der Waals surface area contributed by atoms with Gasteiger partial charge in [0.05, 0.1) is 17.3 Å². The minimum atomic E-state index is -3.21. The van der Waals surface area contributed by atoms with Gasteiger partial charge in [-0.1, -0.05) is 68.2 Å². The second kappa shape index (κ2) is 10.2. The van der Waals surface area contributed by atoms with Gasteiger partial charge in [-0.15, -0.1) is 0 Å². The summed E-state index contributed by atoms with van der Waals surface area (Å²) in [6.45, 7) is 6.42. The minimum Gasteiger partial charge on any atom is -0.354 e. The van der Waals surface area contributed by atoms with Crippen LogP contribution in [0.5, 0.6) is 0 Å². The number of sulfone groups is 1. The van der Waals surface area contributed by atoms with Crippen molar-refractivity contribution in [2.45, 2.75) is 50.7 Å². The summed E-state index contributed by atoms with van der Waals surface area (Å²) in [5.74, 6) is -0.893. The number of amides is 1. The molecule has 0 aliphatic carbocycles. The lowest BCUT2D eigenvalue weighted by Crippen LogP contribution is -2.51. The maximum atomic E-state index is 13.4. The van der Waals surface area contributed by atoms with E-state index in [1.165, 1.54) is 0 Å². The van der Waals surface area contributed by atoms with Crippen molar-refractivity contribution in [1.29, 1.82) is 0 Å². The Bertz CT molecular complexity index is 1130. The topological polar surface area (TPSA) is 101 Å². The third-order valence-corrected chi connectivity index (χ3v) is 7.66. The van der Waals surface area contributed by atoms with Gasteiger partial charge in [-0.05, 0) is 47.2 Å². The summed E-state index contributed by atoms with van der Waals surface area (Å²) in [7, 11) is -3.21. The quantitative estimate of drug-likeness (QED) is 0.509. The maximum Gasteiger partial charge on any atom is 0.237 e. The molecule has 0 saturated carbocycles. The first kappa shape index (κ1) is 27.0. The van der Waals surface area contributed by atoms with E-state index < -0.39 is 27.3 Å². The van der Waals surface area contributed by atoms with Gasteiger partial charge in [0.2, 0.25) is 5.91 Å². The van der Waals surface area contributed by atoms with Crippen LogP contribution in [0.15, 0.2) is 48.5 Å². The van der Waals surface area contributed by atoms with Crippen LogP contribution in [0.3, 0.4) is 0 Å². The van der Waals surface area contributed by atoms with Crippen molar-refractivity contribution in [3.8, 4) is 0 Å². The third kappa shape index (κ3) is 6.32. The van der Waals surface area contributed by atoms with Crippen molar-refractivity contribution in [2.75, 3.05) is 18.6 Å². The van der Waals surface area contributed by atoms with Crippen LogP contribution in [-0.2, 0) is 20.2 Å². The molecule has 6 nitrogen and oxygen atoms in total. The van der Waals surface area contributed by atoms with Crippen LogP contribution < -0.4 is 16.4 Å². The SMILES string of the molecule is CC(C)(C)CC1NC(C(=O)NCCS(C)(=O)=O)C(c2cccc(Cl)c2)C1(N)c1ccc(Cl)cc1. The largest absolute Gasteiger partial charge is 0.354 e. The van der Waals surface area contributed by atoms with Crippen LogP contribution in [0, 0.1) is 5.41 Å². The molecule has 1 aliphatic heterocycles. The van der Waals surface area contributed by atoms with Crippen molar-refractivity contribution < 1.29 is 13.2 Å². The molecule has 34 heavy (non-hydrogen) atoms. The van der Waals surface area contributed by atoms with Crippen molar-refractivity contribution >= 4 is 38.9 Å². The van der Waals surface area contributed by atoms with Crippen LogP contribution in [0.1, 0.15) is 44.2 Å². The number of carbonyl (C=O) groups excluding carboxylic acids is 1. The van der Waals surface area contributed by atoms with E-state index in [2.05, 4.69) is 31.4 Å². The van der Waals surface area contributed by atoms with Crippen LogP contribution in [-0.4, -0.2) is 45.0 Å². The lowest BCUT2D eigenvalue weighted by molar-refractivity contribution is -0.123. The van der Waals surface area contributed by atoms with Gasteiger partial charge in [-0.2, -0.15) is 0 Å². The molecule has 0 radical (unpaired) electrons. The maximum absolute atomic E-state index is 13.4. The summed E-state index contributed by atoms with van der Waals surface area (Å²) in [5.41, 5.74) is 7.97. The molecule has 9 heteroatoms. The summed E-state index contributed by atoms with van der Waals surface area (Å²) >= 11 is 12.5. The van der Waals surface area contributed by atoms with Gasteiger partial charge in [0.25, 0.3) is 0 Å². The Morgan fingerprint density at radius 3 is 2.32 bits per heavy atom. The molecule has 1 amide bonds. The molecule has 1 heterocycles. The van der Waals surface area contributed by atoms with Crippen LogP contribution in [0.4, 0.5) is 0 Å². The van der Waals surface area contributed by atoms with Crippen molar-refractivity contribution in [3.63, 3.8) is 0 Å². The normalized spacial score (nSPS) is 25.3. The van der Waals surface area contributed by atoms with Crippen LogP contribution in [0.2, 0.25) is 10.0 Å². The van der Waals surface area contributed by atoms with Gasteiger partial charge >= 0.3 is 0 Å². The monoisotopic (exact) mass is 525 g/mol. The smallest absolute Gasteiger partial charge is 0.237 e. The summed E-state index contributed by atoms with van der Waals surface area (Å²) in [4.78, 5) is 13.4. The first-order valence-electron chi connectivity index (χ1n) is 11.2. The number of hydrogen-bond donors (Lipinski definition) is 3. The van der Waals surface area contributed by atoms with Crippen molar-refractivity contribution in [3.05, 3.63) is 69.7 Å². The second-order valence-electron chi connectivity index (χ2n) is 10.4. The highest BCUT2D eigenvalue weighted by Gasteiger charge is 2.56. The molecule has 1 aliphatic rings. The van der Waals surface area contributed by atoms with E-state index in [1.807, 2.05) is 30.3 Å². The fourth-order valence-electron chi connectivity index (χ4n) is 4.77. The Morgan fingerprint density at radius 2 is 1.76 bits per heavy atom. The van der Waals surface area contributed by atoms with Gasteiger partial charge in [0.1, 0.15) is 9.84 Å². The fourth-order valence-corrected chi connectivity index (χ4v) is 5.57. The molecule has 4 N–H and O–H groups in total. The molecule has 2 aromatic carbocycles. The van der Waals surface area contributed by atoms with E-state index in [4.69, 9.17) is 28.9 Å². The van der Waals surface area contributed by atoms with Crippen molar-refractivity contribution in [1.82, 2.24) is 10.6 Å². The lowest BCUT2D eigenvalue weighted by atomic mass is 9.68. The van der Waals surface area contributed by atoms with Gasteiger partial charge in [-0.3, -0.25) is 4.79 Å². The van der Waals surface area contributed by atoms with Crippen LogP contribution >= 0.6 is 23.2 Å². The molecule has 0 aromatic heterocycles. The lowest BCUT2D eigenvalue weighted by Gasteiger charge is -2.39. The molecular formula is C25H33Cl2N3O3S. The number of nitrogens with one attached hydrogen (secondary N) is 2. The molecule has 4 unspecified atom stereocenters. The fraction of sp³-hybridized carbons (Fsp3) is 0.480. The zero-order valence-corrected chi connectivity index (χ0v) is 22.3. The Hall–Kier alpha value is -1.64. The van der Waals surface area contributed by atoms with E-state index in [0.717, 1.165) is 17.4 Å². The second-order valence-corrected chi connectivity index (χ2v) is 13.5. The molecule has 4 atom stereocenters. The Morgan fingerprint density at radius 1 is 1.12 bits per heavy atom. The van der Waals surface area contributed by atoms with Gasteiger partial charge in [0.15, 0.2) is 0 Å². The molecule has 186 valence electrons. The average Bonchev–Trinajstić information content (AvgIpc) is 2.99. The zero-order valence-electron chi connectivity index (χ0n) is 19.9. The number of nitrogens with two attached hydrogens (primary N) is 1. The number of benzene rings is 2. The third-order valence-electron chi connectivity index (χ3n) is 6.23. The summed E-state index contributed by atoms with van der Waals surface area (Å²) in [6, 6.07) is 13.9. The molecule has 3 rings (SSSR count). The van der Waals surface area contributed by atoms with E-state index in [1.54, 1.807) is 18.2 Å².